The molecule has 0 saturated carbocycles. The van der Waals surface area contributed by atoms with Gasteiger partial charge in [0, 0.05) is 0 Å². The first-order valence-corrected chi connectivity index (χ1v) is 6.14. The summed E-state index contributed by atoms with van der Waals surface area (Å²) in [7, 11) is 0. The number of hydrogen-bond donors (Lipinski definition) is 3. The highest BCUT2D eigenvalue weighted by atomic mass is 35.5. The zero-order chi connectivity index (χ0) is 16.0. The van der Waals surface area contributed by atoms with Crippen molar-refractivity contribution in [3.8, 4) is 11.5 Å². The number of carbonyl (C=O) groups excluding carboxylic acids is 3. The summed E-state index contributed by atoms with van der Waals surface area (Å²) in [6, 6.07) is 1.33. The van der Waals surface area contributed by atoms with Gasteiger partial charge in [-0.25, -0.2) is 9.59 Å². The summed E-state index contributed by atoms with van der Waals surface area (Å²) >= 11 is 5.75. The highest BCUT2D eigenvalue weighted by Gasteiger charge is 2.16. The van der Waals surface area contributed by atoms with Crippen molar-refractivity contribution in [1.29, 1.82) is 0 Å². The lowest BCUT2D eigenvalue weighted by Gasteiger charge is -2.10. The van der Waals surface area contributed by atoms with Gasteiger partial charge < -0.3 is 20.3 Å². The fourth-order valence-corrected chi connectivity index (χ4v) is 1.56. The van der Waals surface area contributed by atoms with Gasteiger partial charge in [0.25, 0.3) is 5.91 Å². The second kappa shape index (κ2) is 7.34. The Labute approximate surface area is 124 Å². The van der Waals surface area contributed by atoms with E-state index in [1.54, 1.807) is 12.2 Å². The fourth-order valence-electron chi connectivity index (χ4n) is 1.35. The van der Waals surface area contributed by atoms with Crippen molar-refractivity contribution in [2.45, 2.75) is 6.92 Å². The maximum atomic E-state index is 11.7. The number of phenolic OH excluding ortho intramolecular Hbond substituents is 1. The van der Waals surface area contributed by atoms with Crippen LogP contribution in [-0.4, -0.2) is 36.2 Å². The quantitative estimate of drug-likeness (QED) is 0.689. The molecule has 1 aromatic rings. The summed E-state index contributed by atoms with van der Waals surface area (Å²) in [5.74, 6) is -2.04. The van der Waals surface area contributed by atoms with Gasteiger partial charge in [-0.2, -0.15) is 0 Å². The summed E-state index contributed by atoms with van der Waals surface area (Å²) in [6.45, 7) is 1.25. The van der Waals surface area contributed by atoms with Crippen LogP contribution in [0.5, 0.6) is 11.5 Å². The number of esters is 1. The smallest absolute Gasteiger partial charge is 0.338 e. The van der Waals surface area contributed by atoms with Gasteiger partial charge in [0.1, 0.15) is 0 Å². The molecule has 0 saturated heterocycles. The number of carbonyl (C=O) groups is 3. The minimum Gasteiger partial charge on any atom is -0.503 e. The van der Waals surface area contributed by atoms with E-state index in [1.165, 1.54) is 6.07 Å². The molecule has 0 bridgehead atoms. The molecule has 0 aliphatic carbocycles. The van der Waals surface area contributed by atoms with Crippen LogP contribution in [0.4, 0.5) is 4.79 Å². The van der Waals surface area contributed by atoms with Crippen molar-refractivity contribution in [1.82, 2.24) is 5.32 Å². The van der Waals surface area contributed by atoms with E-state index in [9.17, 15) is 19.5 Å². The third-order valence-corrected chi connectivity index (χ3v) is 2.45. The number of hydrogen-bond acceptors (Lipinski definition) is 6. The average molecular weight is 317 g/mol. The molecule has 114 valence electrons. The first-order valence-electron chi connectivity index (χ1n) is 5.76. The van der Waals surface area contributed by atoms with Crippen molar-refractivity contribution in [2.75, 3.05) is 13.2 Å². The number of rotatable bonds is 5. The predicted molar refractivity (Wildman–Crippen MR) is 72.3 cm³/mol. The van der Waals surface area contributed by atoms with Crippen LogP contribution in [0, 0.1) is 0 Å². The lowest BCUT2D eigenvalue weighted by atomic mass is 10.2. The number of nitrogens with two attached hydrogens (primary N) is 1. The Bertz CT molecular complexity index is 575. The van der Waals surface area contributed by atoms with Gasteiger partial charge in [-0.05, 0) is 19.1 Å². The molecule has 8 nitrogen and oxygen atoms in total. The minimum atomic E-state index is -1.05. The molecule has 1 rings (SSSR count). The number of phenols is 1. The normalized spacial score (nSPS) is 9.81. The van der Waals surface area contributed by atoms with Crippen LogP contribution in [0.3, 0.4) is 0 Å². The SMILES string of the molecule is CCOc1cc(C(=O)OCC(=O)NC(N)=O)cc(Cl)c1O. The van der Waals surface area contributed by atoms with Crippen LogP contribution in [0.2, 0.25) is 5.02 Å². The fraction of sp³-hybridized carbons (Fsp3) is 0.250. The molecule has 0 aromatic heterocycles. The number of benzene rings is 1. The molecule has 0 heterocycles. The van der Waals surface area contributed by atoms with Crippen LogP contribution in [0.1, 0.15) is 17.3 Å². The Hall–Kier alpha value is -2.48. The third kappa shape index (κ3) is 4.84. The number of ether oxygens (including phenoxy) is 2. The van der Waals surface area contributed by atoms with Crippen LogP contribution in [0.25, 0.3) is 0 Å². The third-order valence-electron chi connectivity index (χ3n) is 2.16. The van der Waals surface area contributed by atoms with E-state index in [-0.39, 0.29) is 28.7 Å². The zero-order valence-electron chi connectivity index (χ0n) is 11.0. The summed E-state index contributed by atoms with van der Waals surface area (Å²) in [5, 5.41) is 11.3. The molecule has 4 N–H and O–H groups in total. The molecule has 0 radical (unpaired) electrons. The van der Waals surface area contributed by atoms with Gasteiger partial charge >= 0.3 is 12.0 Å². The number of amides is 3. The van der Waals surface area contributed by atoms with Gasteiger partial charge in [-0.3, -0.25) is 10.1 Å². The largest absolute Gasteiger partial charge is 0.503 e. The summed E-state index contributed by atoms with van der Waals surface area (Å²) < 4.78 is 9.77. The zero-order valence-corrected chi connectivity index (χ0v) is 11.8. The van der Waals surface area contributed by atoms with E-state index in [4.69, 9.17) is 22.1 Å². The van der Waals surface area contributed by atoms with Crippen LogP contribution in [0.15, 0.2) is 12.1 Å². The number of nitrogens with one attached hydrogen (secondary N) is 1. The van der Waals surface area contributed by atoms with Crippen molar-refractivity contribution in [3.05, 3.63) is 22.7 Å². The van der Waals surface area contributed by atoms with Crippen molar-refractivity contribution < 1.29 is 29.0 Å². The Morgan fingerprint density at radius 1 is 1.38 bits per heavy atom. The molecule has 0 fully saturated rings. The number of halogens is 1. The van der Waals surface area contributed by atoms with Crippen LogP contribution >= 0.6 is 11.6 Å². The minimum absolute atomic E-state index is 0.0125. The van der Waals surface area contributed by atoms with E-state index in [2.05, 4.69) is 4.74 Å². The van der Waals surface area contributed by atoms with Crippen LogP contribution < -0.4 is 15.8 Å². The highest BCUT2D eigenvalue weighted by molar-refractivity contribution is 6.32. The molecule has 3 amide bonds. The topological polar surface area (TPSA) is 128 Å². The molecule has 1 aromatic carbocycles. The van der Waals surface area contributed by atoms with E-state index in [0.717, 1.165) is 6.07 Å². The lowest BCUT2D eigenvalue weighted by Crippen LogP contribution is -2.37. The molecule has 0 aliphatic heterocycles. The van der Waals surface area contributed by atoms with E-state index < -0.39 is 24.5 Å². The van der Waals surface area contributed by atoms with Gasteiger partial charge in [0.2, 0.25) is 0 Å². The molecular weight excluding hydrogens is 304 g/mol. The van der Waals surface area contributed by atoms with E-state index in [0.29, 0.717) is 0 Å². The Morgan fingerprint density at radius 3 is 2.62 bits per heavy atom. The summed E-state index contributed by atoms with van der Waals surface area (Å²) in [6.07, 6.45) is 0. The molecule has 9 heteroatoms. The monoisotopic (exact) mass is 316 g/mol. The molecular formula is C12H13ClN2O6. The average Bonchev–Trinajstić information content (AvgIpc) is 2.40. The number of primary amides is 1. The maximum Gasteiger partial charge on any atom is 0.338 e. The standard InChI is InChI=1S/C12H13ClN2O6/c1-2-20-8-4-6(3-7(13)10(8)17)11(18)21-5-9(16)15-12(14)19/h3-4,17H,2,5H2,1H3,(H3,14,15,16,19). The summed E-state index contributed by atoms with van der Waals surface area (Å²) in [4.78, 5) is 33.3. The molecule has 0 unspecified atom stereocenters. The number of urea groups is 1. The predicted octanol–water partition coefficient (Wildman–Crippen LogP) is 0.796. The lowest BCUT2D eigenvalue weighted by molar-refractivity contribution is -0.123. The second-order valence-electron chi connectivity index (χ2n) is 3.73. The van der Waals surface area contributed by atoms with Gasteiger partial charge in [-0.1, -0.05) is 11.6 Å². The maximum absolute atomic E-state index is 11.7. The van der Waals surface area contributed by atoms with Crippen LogP contribution in [-0.2, 0) is 9.53 Å². The molecule has 0 aliphatic rings. The van der Waals surface area contributed by atoms with E-state index >= 15 is 0 Å². The highest BCUT2D eigenvalue weighted by Crippen LogP contribution is 2.35. The van der Waals surface area contributed by atoms with Crippen molar-refractivity contribution in [3.63, 3.8) is 0 Å². The Balaban J connectivity index is 2.78. The number of imide groups is 1. The first-order chi connectivity index (χ1) is 9.85. The molecule has 21 heavy (non-hydrogen) atoms. The molecule has 0 atom stereocenters. The summed E-state index contributed by atoms with van der Waals surface area (Å²) in [5.41, 5.74) is 4.71. The van der Waals surface area contributed by atoms with Crippen molar-refractivity contribution >= 4 is 29.5 Å². The van der Waals surface area contributed by atoms with Gasteiger partial charge in [0.05, 0.1) is 17.2 Å². The first kappa shape index (κ1) is 16.6. The second-order valence-corrected chi connectivity index (χ2v) is 4.13. The van der Waals surface area contributed by atoms with Gasteiger partial charge in [0.15, 0.2) is 18.1 Å². The number of aromatic hydroxyl groups is 1. The van der Waals surface area contributed by atoms with Crippen molar-refractivity contribution in [2.24, 2.45) is 5.73 Å². The Kier molecular flexibility index (Phi) is 5.79. The Morgan fingerprint density at radius 2 is 2.05 bits per heavy atom. The van der Waals surface area contributed by atoms with Gasteiger partial charge in [-0.15, -0.1) is 0 Å². The van der Waals surface area contributed by atoms with E-state index in [1.807, 2.05) is 0 Å². The molecule has 0 spiro atoms.